The summed E-state index contributed by atoms with van der Waals surface area (Å²) in [6.45, 7) is 0. The van der Waals surface area contributed by atoms with Gasteiger partial charge in [-0.3, -0.25) is 4.79 Å². The Morgan fingerprint density at radius 2 is 1.55 bits per heavy atom. The van der Waals surface area contributed by atoms with E-state index in [9.17, 15) is 4.79 Å². The second-order valence-corrected chi connectivity index (χ2v) is 5.63. The first-order valence-corrected chi connectivity index (χ1v) is 7.34. The van der Waals surface area contributed by atoms with Crippen LogP contribution in [-0.2, 0) is 11.2 Å². The molecule has 0 atom stereocenters. The molecular weight excluding hydrogens is 270 g/mol. The molecule has 0 aromatic heterocycles. The molecule has 0 heterocycles. The van der Waals surface area contributed by atoms with E-state index in [4.69, 9.17) is 5.73 Å². The van der Waals surface area contributed by atoms with Crippen molar-refractivity contribution in [2.75, 3.05) is 0 Å². The fourth-order valence-electron chi connectivity index (χ4n) is 3.09. The Morgan fingerprint density at radius 1 is 0.818 bits per heavy atom. The highest BCUT2D eigenvalue weighted by Gasteiger charge is 2.29. The summed E-state index contributed by atoms with van der Waals surface area (Å²) in [7, 11) is 0. The van der Waals surface area contributed by atoms with E-state index in [0.29, 0.717) is 12.1 Å². The van der Waals surface area contributed by atoms with Crippen LogP contribution in [0.2, 0.25) is 0 Å². The van der Waals surface area contributed by atoms with Gasteiger partial charge in [0, 0.05) is 5.57 Å². The number of fused-ring (bicyclic) bond motifs is 3. The van der Waals surface area contributed by atoms with Crippen LogP contribution in [-0.4, -0.2) is 5.78 Å². The molecule has 0 aliphatic heterocycles. The topological polar surface area (TPSA) is 43.1 Å². The average molecular weight is 285 g/mol. The minimum Gasteiger partial charge on any atom is -0.395 e. The maximum atomic E-state index is 12.6. The molecule has 2 aromatic rings. The lowest BCUT2D eigenvalue weighted by molar-refractivity contribution is -0.111. The van der Waals surface area contributed by atoms with Crippen molar-refractivity contribution < 1.29 is 4.79 Å². The molecule has 4 rings (SSSR count). The van der Waals surface area contributed by atoms with Crippen molar-refractivity contribution >= 4 is 17.4 Å². The highest BCUT2D eigenvalue weighted by atomic mass is 16.1. The Kier molecular flexibility index (Phi) is 2.83. The van der Waals surface area contributed by atoms with Crippen molar-refractivity contribution in [1.82, 2.24) is 0 Å². The van der Waals surface area contributed by atoms with E-state index in [1.807, 2.05) is 42.5 Å². The molecule has 2 aliphatic rings. The number of benzene rings is 2. The standard InChI is InChI=1S/C20H15NO/c21-19-15(10-13-6-2-1-3-7-13)12-17-16-9-5-4-8-14(16)11-18(17)20(19)22/h1-9,11-12H,10,21H2. The fourth-order valence-corrected chi connectivity index (χ4v) is 3.09. The minimum absolute atomic E-state index is 0.0559. The Bertz CT molecular complexity index is 870. The predicted octanol–water partition coefficient (Wildman–Crippen LogP) is 3.51. The molecule has 0 fully saturated rings. The molecule has 2 N–H and O–H groups in total. The minimum atomic E-state index is -0.0559. The molecule has 0 bridgehead atoms. The van der Waals surface area contributed by atoms with Crippen LogP contribution in [0.4, 0.5) is 0 Å². The summed E-state index contributed by atoms with van der Waals surface area (Å²) in [6.07, 6.45) is 4.69. The molecule has 0 saturated heterocycles. The average Bonchev–Trinajstić information content (AvgIpc) is 2.92. The number of Topliss-reactive ketones (excluding diaryl/α,β-unsaturated/α-hetero) is 1. The number of ketones is 1. The van der Waals surface area contributed by atoms with Gasteiger partial charge in [-0.15, -0.1) is 0 Å². The fraction of sp³-hybridized carbons (Fsp3) is 0.0500. The van der Waals surface area contributed by atoms with Gasteiger partial charge in [0.1, 0.15) is 0 Å². The Hall–Kier alpha value is -2.87. The predicted molar refractivity (Wildman–Crippen MR) is 88.8 cm³/mol. The SMILES string of the molecule is NC1=C(Cc2ccccc2)C=C2C(=Cc3ccccc32)C1=O. The second kappa shape index (κ2) is 4.85. The van der Waals surface area contributed by atoms with E-state index in [1.54, 1.807) is 0 Å². The van der Waals surface area contributed by atoms with Crippen LogP contribution < -0.4 is 5.73 Å². The molecule has 0 unspecified atom stereocenters. The number of nitrogens with two attached hydrogens (primary N) is 1. The number of carbonyl (C=O) groups excluding carboxylic acids is 1. The third-order valence-electron chi connectivity index (χ3n) is 4.23. The van der Waals surface area contributed by atoms with Gasteiger partial charge in [0.25, 0.3) is 0 Å². The number of hydrogen-bond donors (Lipinski definition) is 1. The molecule has 0 radical (unpaired) electrons. The molecule has 2 nitrogen and oxygen atoms in total. The van der Waals surface area contributed by atoms with Gasteiger partial charge < -0.3 is 5.73 Å². The van der Waals surface area contributed by atoms with Gasteiger partial charge >= 0.3 is 0 Å². The first-order chi connectivity index (χ1) is 10.7. The Labute approximate surface area is 129 Å². The third kappa shape index (κ3) is 1.92. The van der Waals surface area contributed by atoms with Gasteiger partial charge in [-0.2, -0.15) is 0 Å². The maximum Gasteiger partial charge on any atom is 0.209 e. The first-order valence-electron chi connectivity index (χ1n) is 7.34. The monoisotopic (exact) mass is 285 g/mol. The third-order valence-corrected chi connectivity index (χ3v) is 4.23. The van der Waals surface area contributed by atoms with Gasteiger partial charge in [-0.25, -0.2) is 0 Å². The van der Waals surface area contributed by atoms with Crippen LogP contribution in [0, 0.1) is 0 Å². The maximum absolute atomic E-state index is 12.6. The molecule has 0 saturated carbocycles. The summed E-state index contributed by atoms with van der Waals surface area (Å²) in [5, 5.41) is 0. The van der Waals surface area contributed by atoms with E-state index in [-0.39, 0.29) is 5.78 Å². The Morgan fingerprint density at radius 3 is 2.36 bits per heavy atom. The lowest BCUT2D eigenvalue weighted by Crippen LogP contribution is -2.20. The van der Waals surface area contributed by atoms with E-state index < -0.39 is 0 Å². The molecule has 106 valence electrons. The van der Waals surface area contributed by atoms with Crippen LogP contribution in [0.1, 0.15) is 16.7 Å². The van der Waals surface area contributed by atoms with E-state index >= 15 is 0 Å². The van der Waals surface area contributed by atoms with Gasteiger partial charge in [-0.05, 0) is 46.4 Å². The number of hydrogen-bond acceptors (Lipinski definition) is 2. The van der Waals surface area contributed by atoms with E-state index in [2.05, 4.69) is 24.3 Å². The normalized spacial score (nSPS) is 16.1. The number of allylic oxidation sites excluding steroid dienone is 4. The van der Waals surface area contributed by atoms with Crippen molar-refractivity contribution in [2.24, 2.45) is 5.73 Å². The van der Waals surface area contributed by atoms with Crippen molar-refractivity contribution in [3.8, 4) is 0 Å². The smallest absolute Gasteiger partial charge is 0.209 e. The van der Waals surface area contributed by atoms with Crippen LogP contribution in [0.3, 0.4) is 0 Å². The molecule has 0 amide bonds. The van der Waals surface area contributed by atoms with Gasteiger partial charge in [0.15, 0.2) is 0 Å². The molecule has 22 heavy (non-hydrogen) atoms. The zero-order chi connectivity index (χ0) is 15.1. The summed E-state index contributed by atoms with van der Waals surface area (Å²) >= 11 is 0. The molecule has 0 spiro atoms. The van der Waals surface area contributed by atoms with E-state index in [0.717, 1.165) is 33.4 Å². The largest absolute Gasteiger partial charge is 0.395 e. The van der Waals surface area contributed by atoms with Crippen molar-refractivity contribution in [2.45, 2.75) is 6.42 Å². The summed E-state index contributed by atoms with van der Waals surface area (Å²) in [5.74, 6) is -0.0559. The Balaban J connectivity index is 1.80. The van der Waals surface area contributed by atoms with Crippen LogP contribution in [0.15, 0.2) is 77.5 Å². The molecule has 2 heteroatoms. The summed E-state index contributed by atoms with van der Waals surface area (Å²) in [6, 6.07) is 18.2. The highest BCUT2D eigenvalue weighted by molar-refractivity contribution is 6.26. The molecule has 2 aliphatic carbocycles. The zero-order valence-electron chi connectivity index (χ0n) is 12.0. The van der Waals surface area contributed by atoms with Gasteiger partial charge in [-0.1, -0.05) is 54.6 Å². The number of carbonyl (C=O) groups is 1. The van der Waals surface area contributed by atoms with Crippen LogP contribution in [0.25, 0.3) is 11.6 Å². The van der Waals surface area contributed by atoms with Gasteiger partial charge in [0.05, 0.1) is 5.70 Å². The first kappa shape index (κ1) is 12.8. The quantitative estimate of drug-likeness (QED) is 0.917. The summed E-state index contributed by atoms with van der Waals surface area (Å²) < 4.78 is 0. The van der Waals surface area contributed by atoms with Crippen LogP contribution in [0.5, 0.6) is 0 Å². The van der Waals surface area contributed by atoms with Crippen LogP contribution >= 0.6 is 0 Å². The van der Waals surface area contributed by atoms with Crippen molar-refractivity contribution in [1.29, 1.82) is 0 Å². The zero-order valence-corrected chi connectivity index (χ0v) is 12.0. The summed E-state index contributed by atoms with van der Waals surface area (Å²) in [5.41, 5.74) is 12.5. The lowest BCUT2D eigenvalue weighted by atomic mass is 9.88. The molecule has 2 aromatic carbocycles. The number of rotatable bonds is 2. The summed E-state index contributed by atoms with van der Waals surface area (Å²) in [4.78, 5) is 12.6. The lowest BCUT2D eigenvalue weighted by Gasteiger charge is -2.17. The highest BCUT2D eigenvalue weighted by Crippen LogP contribution is 2.40. The second-order valence-electron chi connectivity index (χ2n) is 5.63. The van der Waals surface area contributed by atoms with E-state index in [1.165, 1.54) is 0 Å². The van der Waals surface area contributed by atoms with Gasteiger partial charge in [0.2, 0.25) is 5.78 Å². The molecular formula is C20H15NO. The van der Waals surface area contributed by atoms with Crippen molar-refractivity contribution in [3.05, 3.63) is 94.2 Å². The van der Waals surface area contributed by atoms with Crippen molar-refractivity contribution in [3.63, 3.8) is 0 Å².